The Morgan fingerprint density at radius 1 is 1.00 bits per heavy atom. The first-order chi connectivity index (χ1) is 17.4. The van der Waals surface area contributed by atoms with E-state index in [1.54, 1.807) is 40.2 Å². The first-order valence-electron chi connectivity index (χ1n) is 11.3. The number of hydrogen-bond acceptors (Lipinski definition) is 5. The zero-order valence-electron chi connectivity index (χ0n) is 19.4. The van der Waals surface area contributed by atoms with Crippen molar-refractivity contribution in [1.29, 1.82) is 0 Å². The lowest BCUT2D eigenvalue weighted by atomic mass is 10.1. The zero-order valence-corrected chi connectivity index (χ0v) is 20.2. The van der Waals surface area contributed by atoms with Crippen LogP contribution in [0.4, 0.5) is 14.5 Å². The van der Waals surface area contributed by atoms with Gasteiger partial charge in [-0.1, -0.05) is 0 Å². The Hall–Kier alpha value is -4.11. The van der Waals surface area contributed by atoms with E-state index < -0.39 is 18.0 Å². The topological polar surface area (TPSA) is 60.3 Å². The molecule has 0 saturated carbocycles. The summed E-state index contributed by atoms with van der Waals surface area (Å²) < 4.78 is 35.7. The molecule has 1 aliphatic rings. The van der Waals surface area contributed by atoms with Crippen LogP contribution in [0.1, 0.15) is 33.3 Å². The van der Waals surface area contributed by atoms with Gasteiger partial charge in [-0.05, 0) is 74.5 Å². The van der Waals surface area contributed by atoms with Crippen LogP contribution in [0.15, 0.2) is 73.1 Å². The van der Waals surface area contributed by atoms with Crippen LogP contribution in [-0.4, -0.2) is 26.7 Å². The molecule has 5 aromatic rings. The highest BCUT2D eigenvalue weighted by Crippen LogP contribution is 2.43. The van der Waals surface area contributed by atoms with Crippen molar-refractivity contribution in [1.82, 2.24) is 14.8 Å². The quantitative estimate of drug-likeness (QED) is 0.292. The van der Waals surface area contributed by atoms with Gasteiger partial charge < -0.3 is 4.74 Å². The number of aromatic nitrogens is 3. The second-order valence-electron chi connectivity index (χ2n) is 8.69. The molecule has 0 saturated heterocycles. The number of carbonyl (C=O) groups is 1. The number of carbonyl (C=O) groups excluding carboxylic acids is 1. The van der Waals surface area contributed by atoms with Crippen molar-refractivity contribution in [3.05, 3.63) is 100 Å². The van der Waals surface area contributed by atoms with Crippen molar-refractivity contribution in [3.63, 3.8) is 0 Å². The molecular formula is C27H20F2N4O2S. The van der Waals surface area contributed by atoms with Crippen LogP contribution >= 0.6 is 11.3 Å². The van der Waals surface area contributed by atoms with Crippen LogP contribution in [0.5, 0.6) is 5.75 Å². The Labute approximate surface area is 209 Å². The number of thiazole rings is 1. The number of aryl methyl sites for hydroxylation is 1. The monoisotopic (exact) mass is 502 g/mol. The van der Waals surface area contributed by atoms with Gasteiger partial charge in [-0.15, -0.1) is 11.3 Å². The highest BCUT2D eigenvalue weighted by Gasteiger charge is 2.42. The Balaban J connectivity index is 1.33. The van der Waals surface area contributed by atoms with Crippen LogP contribution in [0.2, 0.25) is 0 Å². The van der Waals surface area contributed by atoms with Crippen molar-refractivity contribution in [2.75, 3.05) is 4.90 Å². The predicted octanol–water partition coefficient (Wildman–Crippen LogP) is 6.24. The fourth-order valence-corrected chi connectivity index (χ4v) is 5.32. The van der Waals surface area contributed by atoms with E-state index in [-0.39, 0.29) is 11.7 Å². The molecule has 2 aromatic heterocycles. The lowest BCUT2D eigenvalue weighted by Gasteiger charge is -2.25. The molecule has 0 bridgehead atoms. The van der Waals surface area contributed by atoms with E-state index in [9.17, 15) is 13.6 Å². The molecule has 9 heteroatoms. The van der Waals surface area contributed by atoms with Crippen LogP contribution in [0, 0.1) is 18.6 Å². The molecule has 6 rings (SSSR count). The van der Waals surface area contributed by atoms with Gasteiger partial charge in [0.15, 0.2) is 5.01 Å². The lowest BCUT2D eigenvalue weighted by molar-refractivity contribution is 0.0957. The van der Waals surface area contributed by atoms with Gasteiger partial charge in [-0.2, -0.15) is 5.10 Å². The van der Waals surface area contributed by atoms with Crippen molar-refractivity contribution in [2.24, 2.45) is 0 Å². The molecule has 36 heavy (non-hydrogen) atoms. The molecule has 1 amide bonds. The molecule has 0 spiro atoms. The average molecular weight is 503 g/mol. The van der Waals surface area contributed by atoms with Crippen molar-refractivity contribution in [3.8, 4) is 11.4 Å². The van der Waals surface area contributed by atoms with E-state index in [1.807, 2.05) is 32.0 Å². The maximum atomic E-state index is 14.2. The average Bonchev–Trinajstić information content (AvgIpc) is 3.56. The molecule has 6 nitrogen and oxygen atoms in total. The van der Waals surface area contributed by atoms with Crippen LogP contribution < -0.4 is 9.64 Å². The minimum atomic E-state index is -0.578. The van der Waals surface area contributed by atoms with E-state index in [0.717, 1.165) is 21.5 Å². The smallest absolute Gasteiger partial charge is 0.287 e. The third-order valence-electron chi connectivity index (χ3n) is 6.30. The summed E-state index contributed by atoms with van der Waals surface area (Å²) in [4.78, 5) is 20.1. The summed E-state index contributed by atoms with van der Waals surface area (Å²) in [6, 6.07) is 15.6. The lowest BCUT2D eigenvalue weighted by Crippen LogP contribution is -2.38. The summed E-state index contributed by atoms with van der Waals surface area (Å²) in [6.07, 6.45) is 2.79. The molecule has 2 atom stereocenters. The minimum Gasteiger partial charge on any atom is -0.483 e. The summed E-state index contributed by atoms with van der Waals surface area (Å²) in [5.41, 5.74) is 2.78. The molecule has 0 N–H and O–H groups in total. The molecular weight excluding hydrogens is 482 g/mol. The van der Waals surface area contributed by atoms with Crippen LogP contribution in [-0.2, 0) is 0 Å². The largest absolute Gasteiger partial charge is 0.483 e. The van der Waals surface area contributed by atoms with E-state index in [1.165, 1.54) is 35.6 Å². The third-order valence-corrected chi connectivity index (χ3v) is 7.20. The number of benzene rings is 3. The standard InChI is InChI=1S/C27H20F2N4O2S/c1-15-13-30-26(36-15)27(34)32-16(2)25(22-12-19(29)5-9-24(22)32)35-21-8-10-23-17(11-21)14-31-33(23)20-6-3-18(28)4-7-20/h3-14,16,25H,1-2H3/t16-,25-/m0/s1. The molecule has 3 aromatic carbocycles. The number of fused-ring (bicyclic) bond motifs is 2. The van der Waals surface area contributed by atoms with Crippen LogP contribution in [0.25, 0.3) is 16.6 Å². The third kappa shape index (κ3) is 3.72. The zero-order chi connectivity index (χ0) is 25.0. The molecule has 0 fully saturated rings. The molecule has 3 heterocycles. The number of amides is 1. The van der Waals surface area contributed by atoms with Gasteiger partial charge in [-0.3, -0.25) is 9.69 Å². The molecule has 0 radical (unpaired) electrons. The van der Waals surface area contributed by atoms with Gasteiger partial charge in [0.1, 0.15) is 23.5 Å². The summed E-state index contributed by atoms with van der Waals surface area (Å²) in [6.45, 7) is 3.78. The number of nitrogens with zero attached hydrogens (tertiary/aromatic N) is 4. The highest BCUT2D eigenvalue weighted by atomic mass is 32.1. The molecule has 1 aliphatic heterocycles. The van der Waals surface area contributed by atoms with E-state index in [2.05, 4.69) is 10.1 Å². The Bertz CT molecular complexity index is 1610. The molecule has 0 unspecified atom stereocenters. The van der Waals surface area contributed by atoms with E-state index in [4.69, 9.17) is 4.74 Å². The van der Waals surface area contributed by atoms with Gasteiger partial charge >= 0.3 is 0 Å². The molecule has 180 valence electrons. The Kier molecular flexibility index (Phi) is 5.30. The van der Waals surface area contributed by atoms with Crippen molar-refractivity contribution in [2.45, 2.75) is 26.0 Å². The van der Waals surface area contributed by atoms with Crippen molar-refractivity contribution < 1.29 is 18.3 Å². The second-order valence-corrected chi connectivity index (χ2v) is 9.92. The Morgan fingerprint density at radius 2 is 1.78 bits per heavy atom. The van der Waals surface area contributed by atoms with Gasteiger partial charge in [0, 0.05) is 22.0 Å². The fourth-order valence-electron chi connectivity index (χ4n) is 4.62. The fraction of sp³-hybridized carbons (Fsp3) is 0.148. The summed E-state index contributed by atoms with van der Waals surface area (Å²) in [5, 5.41) is 5.64. The maximum Gasteiger partial charge on any atom is 0.287 e. The number of anilines is 1. The van der Waals surface area contributed by atoms with Gasteiger partial charge in [-0.25, -0.2) is 18.4 Å². The van der Waals surface area contributed by atoms with Gasteiger partial charge in [0.05, 0.1) is 29.1 Å². The number of halogens is 2. The minimum absolute atomic E-state index is 0.240. The maximum absolute atomic E-state index is 14.2. The van der Waals surface area contributed by atoms with E-state index in [0.29, 0.717) is 22.0 Å². The highest BCUT2D eigenvalue weighted by molar-refractivity contribution is 7.13. The first kappa shape index (κ1) is 22.4. The normalized spacial score (nSPS) is 16.9. The number of hydrogen-bond donors (Lipinski definition) is 0. The number of rotatable bonds is 4. The summed E-state index contributed by atoms with van der Waals surface area (Å²) in [7, 11) is 0. The summed E-state index contributed by atoms with van der Waals surface area (Å²) >= 11 is 1.32. The molecule has 0 aliphatic carbocycles. The van der Waals surface area contributed by atoms with Gasteiger partial charge in [0.2, 0.25) is 0 Å². The Morgan fingerprint density at radius 3 is 2.53 bits per heavy atom. The van der Waals surface area contributed by atoms with Crippen molar-refractivity contribution >= 4 is 33.8 Å². The van der Waals surface area contributed by atoms with Gasteiger partial charge in [0.25, 0.3) is 5.91 Å². The predicted molar refractivity (Wildman–Crippen MR) is 134 cm³/mol. The first-order valence-corrected chi connectivity index (χ1v) is 12.2. The second kappa shape index (κ2) is 8.53. The van der Waals surface area contributed by atoms with Crippen LogP contribution in [0.3, 0.4) is 0 Å². The van der Waals surface area contributed by atoms with E-state index >= 15 is 0 Å². The summed E-state index contributed by atoms with van der Waals surface area (Å²) in [5.74, 6) is -0.390. The SMILES string of the molecule is Cc1cnc(C(=O)N2c3ccc(F)cc3[C@@H](Oc3ccc4c(cnn4-c4ccc(F)cc4)c3)[C@@H]2C)s1. The number of ether oxygens (including phenoxy) is 1.